The standard InChI is InChI=1S/C9H6F5NO3/c10-8(11)17-5-3-1-2-4(7(15)16)6(5)18-9(12,13)14/h1-3,8H,(H2,15,16). The predicted molar refractivity (Wildman–Crippen MR) is 48.3 cm³/mol. The molecule has 9 heteroatoms. The first-order valence-corrected chi connectivity index (χ1v) is 4.34. The highest BCUT2D eigenvalue weighted by Gasteiger charge is 2.35. The third kappa shape index (κ3) is 3.75. The number of carbonyl (C=O) groups is 1. The molecule has 2 N–H and O–H groups in total. The molecule has 0 bridgehead atoms. The number of nitrogens with two attached hydrogens (primary N) is 1. The summed E-state index contributed by atoms with van der Waals surface area (Å²) in [6.07, 6.45) is -5.17. The minimum absolute atomic E-state index is 0.717. The molecule has 0 aliphatic carbocycles. The molecular formula is C9H6F5NO3. The van der Waals surface area contributed by atoms with Crippen LogP contribution in [0, 0.1) is 0 Å². The topological polar surface area (TPSA) is 61.6 Å². The second-order valence-electron chi connectivity index (χ2n) is 2.92. The number of hydrogen-bond acceptors (Lipinski definition) is 3. The van der Waals surface area contributed by atoms with Gasteiger partial charge in [-0.15, -0.1) is 13.2 Å². The van der Waals surface area contributed by atoms with E-state index in [-0.39, 0.29) is 0 Å². The fourth-order valence-corrected chi connectivity index (χ4v) is 1.12. The van der Waals surface area contributed by atoms with Crippen molar-refractivity contribution < 1.29 is 36.2 Å². The van der Waals surface area contributed by atoms with Gasteiger partial charge in [-0.1, -0.05) is 6.07 Å². The number of amides is 1. The summed E-state index contributed by atoms with van der Waals surface area (Å²) in [4.78, 5) is 10.9. The van der Waals surface area contributed by atoms with Crippen molar-refractivity contribution in [3.63, 3.8) is 0 Å². The van der Waals surface area contributed by atoms with Gasteiger partial charge in [-0.2, -0.15) is 8.78 Å². The maximum atomic E-state index is 12.1. The Hall–Kier alpha value is -2.06. The largest absolute Gasteiger partial charge is 0.573 e. The van der Waals surface area contributed by atoms with Gasteiger partial charge in [0.15, 0.2) is 11.5 Å². The summed E-state index contributed by atoms with van der Waals surface area (Å²) in [6.45, 7) is -3.37. The van der Waals surface area contributed by atoms with Crippen molar-refractivity contribution in [1.82, 2.24) is 0 Å². The molecule has 1 rings (SSSR count). The highest BCUT2D eigenvalue weighted by molar-refractivity contribution is 5.96. The van der Waals surface area contributed by atoms with Crippen molar-refractivity contribution in [2.45, 2.75) is 13.0 Å². The van der Waals surface area contributed by atoms with Crippen LogP contribution in [0.3, 0.4) is 0 Å². The van der Waals surface area contributed by atoms with Crippen LogP contribution in [0.5, 0.6) is 11.5 Å². The van der Waals surface area contributed by atoms with Gasteiger partial charge in [0.1, 0.15) is 0 Å². The Balaban J connectivity index is 3.25. The molecule has 100 valence electrons. The van der Waals surface area contributed by atoms with Gasteiger partial charge in [-0.3, -0.25) is 4.79 Å². The van der Waals surface area contributed by atoms with Crippen LogP contribution in [0.4, 0.5) is 22.0 Å². The number of halogens is 5. The van der Waals surface area contributed by atoms with Gasteiger partial charge in [-0.25, -0.2) is 0 Å². The molecule has 0 aliphatic rings. The van der Waals surface area contributed by atoms with Crippen molar-refractivity contribution in [2.24, 2.45) is 5.73 Å². The van der Waals surface area contributed by atoms with Crippen molar-refractivity contribution in [1.29, 1.82) is 0 Å². The lowest BCUT2D eigenvalue weighted by molar-refractivity contribution is -0.275. The molecule has 1 amide bonds. The lowest BCUT2D eigenvalue weighted by atomic mass is 10.2. The average Bonchev–Trinajstić information content (AvgIpc) is 2.17. The molecule has 0 fully saturated rings. The van der Waals surface area contributed by atoms with E-state index in [1.165, 1.54) is 0 Å². The Morgan fingerprint density at radius 2 is 1.89 bits per heavy atom. The second-order valence-corrected chi connectivity index (χ2v) is 2.92. The smallest absolute Gasteiger partial charge is 0.431 e. The molecule has 0 atom stereocenters. The van der Waals surface area contributed by atoms with Crippen LogP contribution in [0.1, 0.15) is 10.4 Å². The lowest BCUT2D eigenvalue weighted by Crippen LogP contribution is -2.22. The molecule has 0 aromatic heterocycles. The zero-order valence-corrected chi connectivity index (χ0v) is 8.50. The zero-order valence-electron chi connectivity index (χ0n) is 8.50. The maximum Gasteiger partial charge on any atom is 0.573 e. The number of benzene rings is 1. The Morgan fingerprint density at radius 1 is 1.28 bits per heavy atom. The fraction of sp³-hybridized carbons (Fsp3) is 0.222. The van der Waals surface area contributed by atoms with E-state index in [1.807, 2.05) is 0 Å². The first-order valence-electron chi connectivity index (χ1n) is 4.34. The van der Waals surface area contributed by atoms with Crippen LogP contribution in [0.2, 0.25) is 0 Å². The molecule has 18 heavy (non-hydrogen) atoms. The molecule has 0 saturated carbocycles. The van der Waals surface area contributed by atoms with E-state index in [0.29, 0.717) is 0 Å². The van der Waals surface area contributed by atoms with Crippen LogP contribution in [0.15, 0.2) is 18.2 Å². The van der Waals surface area contributed by atoms with Gasteiger partial charge in [0.2, 0.25) is 0 Å². The van der Waals surface area contributed by atoms with Gasteiger partial charge >= 0.3 is 13.0 Å². The third-order valence-corrected chi connectivity index (χ3v) is 1.68. The summed E-state index contributed by atoms with van der Waals surface area (Å²) in [5.74, 6) is -3.40. The lowest BCUT2D eigenvalue weighted by Gasteiger charge is -2.15. The summed E-state index contributed by atoms with van der Waals surface area (Å²) in [5.41, 5.74) is 4.09. The van der Waals surface area contributed by atoms with E-state index >= 15 is 0 Å². The first kappa shape index (κ1) is 14.0. The molecule has 0 unspecified atom stereocenters. The second kappa shape index (κ2) is 5.07. The Bertz CT molecular complexity index is 446. The van der Waals surface area contributed by atoms with E-state index < -0.39 is 35.9 Å². The normalized spacial score (nSPS) is 11.4. The molecule has 1 aromatic carbocycles. The van der Waals surface area contributed by atoms with Gasteiger partial charge < -0.3 is 15.2 Å². The summed E-state index contributed by atoms with van der Waals surface area (Å²) >= 11 is 0. The summed E-state index contributed by atoms with van der Waals surface area (Å²) in [6, 6.07) is 2.71. The number of primary amides is 1. The molecule has 0 heterocycles. The van der Waals surface area contributed by atoms with Crippen LogP contribution >= 0.6 is 0 Å². The van der Waals surface area contributed by atoms with Crippen LogP contribution in [-0.4, -0.2) is 18.9 Å². The van der Waals surface area contributed by atoms with Crippen LogP contribution in [-0.2, 0) is 0 Å². The van der Waals surface area contributed by atoms with Crippen molar-refractivity contribution >= 4 is 5.91 Å². The van der Waals surface area contributed by atoms with Crippen LogP contribution in [0.25, 0.3) is 0 Å². The Labute approximate surface area is 97.1 Å². The predicted octanol–water partition coefficient (Wildman–Crippen LogP) is 2.29. The Kier molecular flexibility index (Phi) is 3.94. The molecular weight excluding hydrogens is 265 g/mol. The zero-order chi connectivity index (χ0) is 13.9. The molecule has 0 spiro atoms. The van der Waals surface area contributed by atoms with E-state index in [0.717, 1.165) is 18.2 Å². The van der Waals surface area contributed by atoms with Crippen LogP contribution < -0.4 is 15.2 Å². The molecule has 0 radical (unpaired) electrons. The average molecular weight is 271 g/mol. The van der Waals surface area contributed by atoms with E-state index in [9.17, 15) is 26.7 Å². The minimum atomic E-state index is -5.17. The number of para-hydroxylation sites is 1. The van der Waals surface area contributed by atoms with Gasteiger partial charge in [0.05, 0.1) is 5.56 Å². The molecule has 0 saturated heterocycles. The van der Waals surface area contributed by atoms with E-state index in [4.69, 9.17) is 5.73 Å². The summed E-state index contributed by atoms with van der Waals surface area (Å²) < 4.78 is 67.5. The number of ether oxygens (including phenoxy) is 2. The van der Waals surface area contributed by atoms with Crippen molar-refractivity contribution in [2.75, 3.05) is 0 Å². The van der Waals surface area contributed by atoms with Gasteiger partial charge in [0, 0.05) is 0 Å². The van der Waals surface area contributed by atoms with E-state index in [2.05, 4.69) is 9.47 Å². The maximum absolute atomic E-state index is 12.1. The third-order valence-electron chi connectivity index (χ3n) is 1.68. The first-order chi connectivity index (χ1) is 8.20. The van der Waals surface area contributed by atoms with Gasteiger partial charge in [-0.05, 0) is 12.1 Å². The van der Waals surface area contributed by atoms with E-state index in [1.54, 1.807) is 0 Å². The summed E-state index contributed by atoms with van der Waals surface area (Å²) in [7, 11) is 0. The highest BCUT2D eigenvalue weighted by atomic mass is 19.4. The van der Waals surface area contributed by atoms with Gasteiger partial charge in [0.25, 0.3) is 5.91 Å². The van der Waals surface area contributed by atoms with Crippen molar-refractivity contribution in [3.8, 4) is 11.5 Å². The monoisotopic (exact) mass is 271 g/mol. The number of alkyl halides is 5. The summed E-state index contributed by atoms with van der Waals surface area (Å²) in [5, 5.41) is 0. The van der Waals surface area contributed by atoms with Crippen molar-refractivity contribution in [3.05, 3.63) is 23.8 Å². The number of hydrogen-bond donors (Lipinski definition) is 1. The minimum Gasteiger partial charge on any atom is -0.431 e. The molecule has 4 nitrogen and oxygen atoms in total. The number of carbonyl (C=O) groups excluding carboxylic acids is 1. The number of rotatable bonds is 4. The quantitative estimate of drug-likeness (QED) is 0.854. The Morgan fingerprint density at radius 3 is 2.33 bits per heavy atom. The highest BCUT2D eigenvalue weighted by Crippen LogP contribution is 2.36. The fourth-order valence-electron chi connectivity index (χ4n) is 1.12. The molecule has 0 aliphatic heterocycles. The SMILES string of the molecule is NC(=O)c1cccc(OC(F)F)c1OC(F)(F)F. The molecule has 1 aromatic rings.